The highest BCUT2D eigenvalue weighted by molar-refractivity contribution is 6.05. The number of aromatic nitrogens is 3. The van der Waals surface area contributed by atoms with Gasteiger partial charge in [-0.3, -0.25) is 9.89 Å². The van der Waals surface area contributed by atoms with Gasteiger partial charge < -0.3 is 14.2 Å². The zero-order valence-corrected chi connectivity index (χ0v) is 13.8. The number of fused-ring (bicyclic) bond motifs is 1. The van der Waals surface area contributed by atoms with Gasteiger partial charge in [0.25, 0.3) is 5.91 Å². The van der Waals surface area contributed by atoms with Crippen LogP contribution in [0.1, 0.15) is 27.8 Å². The quantitative estimate of drug-likeness (QED) is 0.787. The Morgan fingerprint density at radius 2 is 2.25 bits per heavy atom. The summed E-state index contributed by atoms with van der Waals surface area (Å²) in [6, 6.07) is 9.90. The number of H-pyrrole nitrogens is 1. The third-order valence-electron chi connectivity index (χ3n) is 4.64. The van der Waals surface area contributed by atoms with Gasteiger partial charge in [-0.25, -0.2) is 0 Å². The van der Waals surface area contributed by atoms with Crippen LogP contribution >= 0.6 is 0 Å². The van der Waals surface area contributed by atoms with Gasteiger partial charge in [0.05, 0.1) is 24.8 Å². The molecule has 0 unspecified atom stereocenters. The predicted octanol–water partition coefficient (Wildman–Crippen LogP) is 2.42. The summed E-state index contributed by atoms with van der Waals surface area (Å²) in [4.78, 5) is 15.1. The molecule has 1 aliphatic heterocycles. The molecule has 124 valence electrons. The number of aryl methyl sites for hydroxylation is 2. The second-order valence-corrected chi connectivity index (χ2v) is 6.25. The largest absolute Gasteiger partial charge is 0.377 e. The summed E-state index contributed by atoms with van der Waals surface area (Å²) in [7, 11) is 1.99. The summed E-state index contributed by atoms with van der Waals surface area (Å²) in [6.07, 6.45) is 1.99. The maximum absolute atomic E-state index is 13.2. The highest BCUT2D eigenvalue weighted by Crippen LogP contribution is 2.27. The molecule has 1 saturated heterocycles. The molecule has 0 radical (unpaired) electrons. The number of nitrogens with zero attached hydrogens (tertiary/aromatic N) is 3. The van der Waals surface area contributed by atoms with Crippen LogP contribution in [0.5, 0.6) is 0 Å². The second kappa shape index (κ2) is 5.79. The Morgan fingerprint density at radius 1 is 1.38 bits per heavy atom. The molecular weight excluding hydrogens is 304 g/mol. The van der Waals surface area contributed by atoms with Gasteiger partial charge in [0, 0.05) is 30.9 Å². The van der Waals surface area contributed by atoms with Crippen molar-refractivity contribution < 1.29 is 9.53 Å². The molecule has 1 amide bonds. The molecule has 0 bridgehead atoms. The topological polar surface area (TPSA) is 63.1 Å². The minimum atomic E-state index is -0.0946. The van der Waals surface area contributed by atoms with Gasteiger partial charge in [-0.2, -0.15) is 5.10 Å². The first-order valence-electron chi connectivity index (χ1n) is 8.10. The van der Waals surface area contributed by atoms with E-state index < -0.39 is 0 Å². The van der Waals surface area contributed by atoms with Gasteiger partial charge in [0.1, 0.15) is 0 Å². The van der Waals surface area contributed by atoms with Crippen molar-refractivity contribution in [2.24, 2.45) is 7.05 Å². The molecule has 1 N–H and O–H groups in total. The highest BCUT2D eigenvalue weighted by Gasteiger charge is 2.32. The van der Waals surface area contributed by atoms with Crippen molar-refractivity contribution >= 4 is 16.8 Å². The molecule has 6 nitrogen and oxygen atoms in total. The van der Waals surface area contributed by atoms with Crippen molar-refractivity contribution in [1.29, 1.82) is 0 Å². The molecule has 2 aromatic heterocycles. The summed E-state index contributed by atoms with van der Waals surface area (Å²) >= 11 is 0. The number of morpholine rings is 1. The Hall–Kier alpha value is -2.60. The van der Waals surface area contributed by atoms with Crippen LogP contribution in [-0.4, -0.2) is 45.3 Å². The fourth-order valence-electron chi connectivity index (χ4n) is 3.34. The predicted molar refractivity (Wildman–Crippen MR) is 90.8 cm³/mol. The van der Waals surface area contributed by atoms with Crippen LogP contribution in [-0.2, 0) is 11.8 Å². The minimum Gasteiger partial charge on any atom is -0.377 e. The number of aromatic amines is 1. The van der Waals surface area contributed by atoms with Gasteiger partial charge in [0.15, 0.2) is 5.69 Å². The minimum absolute atomic E-state index is 0.0543. The van der Waals surface area contributed by atoms with E-state index in [1.807, 2.05) is 60.0 Å². The molecule has 3 heterocycles. The van der Waals surface area contributed by atoms with Crippen molar-refractivity contribution in [3.63, 3.8) is 0 Å². The maximum atomic E-state index is 13.2. The number of rotatable bonds is 2. The van der Waals surface area contributed by atoms with E-state index in [4.69, 9.17) is 4.74 Å². The Labute approximate surface area is 140 Å². The van der Waals surface area contributed by atoms with Crippen molar-refractivity contribution in [3.8, 4) is 0 Å². The summed E-state index contributed by atoms with van der Waals surface area (Å²) in [6.45, 7) is 3.63. The van der Waals surface area contributed by atoms with E-state index in [9.17, 15) is 4.79 Å². The first kappa shape index (κ1) is 15.0. The Kier molecular flexibility index (Phi) is 3.61. The second-order valence-electron chi connectivity index (χ2n) is 6.25. The van der Waals surface area contributed by atoms with E-state index in [-0.39, 0.29) is 11.9 Å². The molecule has 1 atom stereocenters. The Morgan fingerprint density at radius 3 is 3.04 bits per heavy atom. The van der Waals surface area contributed by atoms with E-state index in [0.29, 0.717) is 25.5 Å². The van der Waals surface area contributed by atoms with Crippen LogP contribution in [0.4, 0.5) is 0 Å². The van der Waals surface area contributed by atoms with Crippen LogP contribution in [0.2, 0.25) is 0 Å². The van der Waals surface area contributed by atoms with Gasteiger partial charge >= 0.3 is 0 Å². The van der Waals surface area contributed by atoms with E-state index in [1.165, 1.54) is 0 Å². The molecule has 3 aromatic rings. The number of benzene rings is 1. The summed E-state index contributed by atoms with van der Waals surface area (Å²) in [5.74, 6) is -0.0543. The van der Waals surface area contributed by atoms with Gasteiger partial charge in [-0.05, 0) is 31.2 Å². The monoisotopic (exact) mass is 324 g/mol. The van der Waals surface area contributed by atoms with E-state index >= 15 is 0 Å². The fraction of sp³-hybridized carbons (Fsp3) is 0.333. The first-order valence-corrected chi connectivity index (χ1v) is 8.10. The van der Waals surface area contributed by atoms with E-state index in [2.05, 4.69) is 10.2 Å². The third kappa shape index (κ3) is 2.39. The van der Waals surface area contributed by atoms with Gasteiger partial charge in [0.2, 0.25) is 0 Å². The number of carbonyl (C=O) groups excluding carboxylic acids is 1. The van der Waals surface area contributed by atoms with E-state index in [0.717, 1.165) is 22.2 Å². The molecule has 0 aliphatic carbocycles. The van der Waals surface area contributed by atoms with Gasteiger partial charge in [-0.15, -0.1) is 0 Å². The van der Waals surface area contributed by atoms with Crippen molar-refractivity contribution in [1.82, 2.24) is 19.7 Å². The molecule has 4 rings (SSSR count). The number of hydrogen-bond donors (Lipinski definition) is 1. The molecule has 0 spiro atoms. The lowest BCUT2D eigenvalue weighted by atomic mass is 10.1. The lowest BCUT2D eigenvalue weighted by Crippen LogP contribution is -2.44. The summed E-state index contributed by atoms with van der Waals surface area (Å²) in [5, 5.41) is 8.12. The fourth-order valence-corrected chi connectivity index (χ4v) is 3.34. The first-order chi connectivity index (χ1) is 11.6. The number of hydrogen-bond acceptors (Lipinski definition) is 3. The van der Waals surface area contributed by atoms with Crippen molar-refractivity contribution in [2.45, 2.75) is 13.0 Å². The number of carbonyl (C=O) groups is 1. The number of amides is 1. The van der Waals surface area contributed by atoms with Crippen molar-refractivity contribution in [2.75, 3.05) is 19.8 Å². The normalized spacial score (nSPS) is 18.2. The van der Waals surface area contributed by atoms with Crippen molar-refractivity contribution in [3.05, 3.63) is 53.5 Å². The number of nitrogens with one attached hydrogen (secondary N) is 1. The Balaban J connectivity index is 1.73. The molecule has 6 heteroatoms. The standard InChI is InChI=1S/C18H20N4O2/c1-12-5-6-14-13(10-12)17(20-19-14)18(23)22-8-9-24-11-16(22)15-4-3-7-21(15)2/h3-7,10,16H,8-9,11H2,1-2H3,(H,19,20)/t16-/m1/s1. The smallest absolute Gasteiger partial charge is 0.275 e. The molecular formula is C18H20N4O2. The SMILES string of the molecule is Cc1ccc2[nH]nc(C(=O)N3CCOC[C@@H]3c3cccn3C)c2c1. The average Bonchev–Trinajstić information content (AvgIpc) is 3.20. The van der Waals surface area contributed by atoms with Crippen LogP contribution in [0.25, 0.3) is 10.9 Å². The zero-order valence-electron chi connectivity index (χ0n) is 13.8. The average molecular weight is 324 g/mol. The molecule has 24 heavy (non-hydrogen) atoms. The van der Waals surface area contributed by atoms with Crippen LogP contribution < -0.4 is 0 Å². The summed E-state index contributed by atoms with van der Waals surface area (Å²) < 4.78 is 7.66. The van der Waals surface area contributed by atoms with E-state index in [1.54, 1.807) is 0 Å². The van der Waals surface area contributed by atoms with Crippen LogP contribution in [0, 0.1) is 6.92 Å². The third-order valence-corrected chi connectivity index (χ3v) is 4.64. The molecule has 1 aliphatic rings. The lowest BCUT2D eigenvalue weighted by molar-refractivity contribution is -0.00484. The highest BCUT2D eigenvalue weighted by atomic mass is 16.5. The number of ether oxygens (including phenoxy) is 1. The van der Waals surface area contributed by atoms with Gasteiger partial charge in [-0.1, -0.05) is 11.6 Å². The molecule has 1 fully saturated rings. The summed E-state index contributed by atoms with van der Waals surface area (Å²) in [5.41, 5.74) is 3.54. The van der Waals surface area contributed by atoms with Crippen LogP contribution in [0.3, 0.4) is 0 Å². The maximum Gasteiger partial charge on any atom is 0.275 e. The molecule has 1 aromatic carbocycles. The zero-order chi connectivity index (χ0) is 16.7. The van der Waals surface area contributed by atoms with Crippen LogP contribution in [0.15, 0.2) is 36.5 Å². The Bertz CT molecular complexity index is 895. The lowest BCUT2D eigenvalue weighted by Gasteiger charge is -2.35. The molecule has 0 saturated carbocycles.